The third-order valence-corrected chi connectivity index (χ3v) is 6.01. The molecule has 3 heterocycles. The van der Waals surface area contributed by atoms with Gasteiger partial charge in [0.15, 0.2) is 0 Å². The van der Waals surface area contributed by atoms with Crippen molar-refractivity contribution in [2.45, 2.75) is 13.8 Å². The number of pyridine rings is 1. The number of nitrogens with zero attached hydrogens (tertiary/aromatic N) is 4. The van der Waals surface area contributed by atoms with Gasteiger partial charge in [-0.3, -0.25) is 14.5 Å². The predicted molar refractivity (Wildman–Crippen MR) is 123 cm³/mol. The number of carbonyl (C=O) groups excluding carboxylic acids is 2. The van der Waals surface area contributed by atoms with Crippen molar-refractivity contribution < 1.29 is 9.59 Å². The second-order valence-electron chi connectivity index (χ2n) is 8.12. The number of hydrogen-bond donors (Lipinski definition) is 0. The highest BCUT2D eigenvalue weighted by Crippen LogP contribution is 2.37. The summed E-state index contributed by atoms with van der Waals surface area (Å²) < 4.78 is 0. The summed E-state index contributed by atoms with van der Waals surface area (Å²) in [5, 5.41) is 0.843. The van der Waals surface area contributed by atoms with Gasteiger partial charge in [0.2, 0.25) is 0 Å². The molecule has 2 aliphatic rings. The molecule has 4 rings (SSSR count). The van der Waals surface area contributed by atoms with E-state index in [9.17, 15) is 9.59 Å². The van der Waals surface area contributed by atoms with Crippen molar-refractivity contribution in [2.24, 2.45) is 5.92 Å². The maximum atomic E-state index is 13.4. The Balaban J connectivity index is 1.68. The van der Waals surface area contributed by atoms with Gasteiger partial charge < -0.3 is 9.80 Å². The van der Waals surface area contributed by atoms with Crippen LogP contribution >= 0.6 is 23.2 Å². The number of rotatable bonds is 5. The summed E-state index contributed by atoms with van der Waals surface area (Å²) in [6.07, 6.45) is 1.77. The lowest BCUT2D eigenvalue weighted by Crippen LogP contribution is -2.48. The number of hydrogen-bond acceptors (Lipinski definition) is 5. The van der Waals surface area contributed by atoms with Gasteiger partial charge in [-0.15, -0.1) is 0 Å². The van der Waals surface area contributed by atoms with E-state index in [1.807, 2.05) is 36.9 Å². The zero-order valence-corrected chi connectivity index (χ0v) is 19.0. The fourth-order valence-corrected chi connectivity index (χ4v) is 4.53. The van der Waals surface area contributed by atoms with E-state index in [-0.39, 0.29) is 17.7 Å². The quantitative estimate of drug-likeness (QED) is 0.634. The molecule has 1 aromatic carbocycles. The van der Waals surface area contributed by atoms with E-state index in [1.54, 1.807) is 24.4 Å². The van der Waals surface area contributed by atoms with E-state index in [1.165, 1.54) is 4.90 Å². The number of aromatic nitrogens is 1. The molecule has 2 aliphatic heterocycles. The van der Waals surface area contributed by atoms with E-state index in [4.69, 9.17) is 23.2 Å². The summed E-state index contributed by atoms with van der Waals surface area (Å²) in [5.74, 6) is 0.513. The standard InChI is InChI=1S/C23H24Cl2N4O2/c1-15(2)14-29-22(30)20(17-7-6-16(24)13-18(17)25)21(23(29)31)28-11-9-27(10-12-28)19-5-3-4-8-26-19/h3-8,13,15H,9-12,14H2,1-2H3. The summed E-state index contributed by atoms with van der Waals surface area (Å²) >= 11 is 12.5. The van der Waals surface area contributed by atoms with E-state index >= 15 is 0 Å². The first-order valence-electron chi connectivity index (χ1n) is 10.3. The Morgan fingerprint density at radius 2 is 1.68 bits per heavy atom. The largest absolute Gasteiger partial charge is 0.363 e. The molecule has 1 fully saturated rings. The van der Waals surface area contributed by atoms with Crippen LogP contribution in [0.4, 0.5) is 5.82 Å². The highest BCUT2D eigenvalue weighted by Gasteiger charge is 2.42. The lowest BCUT2D eigenvalue weighted by atomic mass is 10.0. The highest BCUT2D eigenvalue weighted by molar-refractivity contribution is 6.41. The molecule has 0 atom stereocenters. The molecule has 8 heteroatoms. The van der Waals surface area contributed by atoms with Crippen LogP contribution in [0.3, 0.4) is 0 Å². The third kappa shape index (κ3) is 4.27. The van der Waals surface area contributed by atoms with Crippen LogP contribution in [0.25, 0.3) is 5.57 Å². The second-order valence-corrected chi connectivity index (χ2v) is 8.97. The summed E-state index contributed by atoms with van der Waals surface area (Å²) in [6.45, 7) is 6.95. The van der Waals surface area contributed by atoms with Gasteiger partial charge in [-0.05, 0) is 30.2 Å². The lowest BCUT2D eigenvalue weighted by molar-refractivity contribution is -0.138. The number of anilines is 1. The molecule has 2 amide bonds. The van der Waals surface area contributed by atoms with Crippen molar-refractivity contribution in [3.63, 3.8) is 0 Å². The van der Waals surface area contributed by atoms with Crippen LogP contribution in [0.1, 0.15) is 19.4 Å². The molecule has 0 unspecified atom stereocenters. The van der Waals surface area contributed by atoms with Crippen molar-refractivity contribution >= 4 is 46.4 Å². The van der Waals surface area contributed by atoms with Gasteiger partial charge in [-0.2, -0.15) is 0 Å². The van der Waals surface area contributed by atoms with Crippen LogP contribution in [0.2, 0.25) is 10.0 Å². The van der Waals surface area contributed by atoms with Gasteiger partial charge in [-0.1, -0.05) is 49.2 Å². The molecule has 1 saturated heterocycles. The first-order valence-corrected chi connectivity index (χ1v) is 11.1. The minimum atomic E-state index is -0.301. The number of amides is 2. The number of piperazine rings is 1. The molecule has 0 N–H and O–H groups in total. The monoisotopic (exact) mass is 458 g/mol. The van der Waals surface area contributed by atoms with Gasteiger partial charge in [0.1, 0.15) is 11.5 Å². The van der Waals surface area contributed by atoms with E-state index < -0.39 is 0 Å². The topological polar surface area (TPSA) is 56.8 Å². The van der Waals surface area contributed by atoms with Crippen LogP contribution < -0.4 is 4.90 Å². The molecule has 162 valence electrons. The second kappa shape index (κ2) is 8.89. The summed E-state index contributed by atoms with van der Waals surface area (Å²) in [7, 11) is 0. The Hall–Kier alpha value is -2.57. The van der Waals surface area contributed by atoms with Crippen LogP contribution in [0, 0.1) is 5.92 Å². The van der Waals surface area contributed by atoms with Gasteiger partial charge in [0.25, 0.3) is 11.8 Å². The average molecular weight is 459 g/mol. The van der Waals surface area contributed by atoms with Crippen molar-refractivity contribution in [1.82, 2.24) is 14.8 Å². The Morgan fingerprint density at radius 3 is 2.29 bits per heavy atom. The zero-order chi connectivity index (χ0) is 22.1. The average Bonchev–Trinajstić information content (AvgIpc) is 2.99. The first-order chi connectivity index (χ1) is 14.9. The van der Waals surface area contributed by atoms with Crippen molar-refractivity contribution in [1.29, 1.82) is 0 Å². The molecule has 6 nitrogen and oxygen atoms in total. The van der Waals surface area contributed by atoms with Crippen LogP contribution in [-0.2, 0) is 9.59 Å². The number of halogens is 2. The van der Waals surface area contributed by atoms with Crippen molar-refractivity contribution in [3.05, 3.63) is 63.9 Å². The fourth-order valence-electron chi connectivity index (χ4n) is 4.02. The van der Waals surface area contributed by atoms with Crippen LogP contribution in [0.15, 0.2) is 48.3 Å². The predicted octanol–water partition coefficient (Wildman–Crippen LogP) is 3.95. The lowest BCUT2D eigenvalue weighted by Gasteiger charge is -2.37. The maximum Gasteiger partial charge on any atom is 0.277 e. The smallest absolute Gasteiger partial charge is 0.277 e. The molecule has 0 aliphatic carbocycles. The van der Waals surface area contributed by atoms with Gasteiger partial charge in [-0.25, -0.2) is 4.98 Å². The molecule has 0 saturated carbocycles. The first kappa shape index (κ1) is 21.7. The molecule has 2 aromatic rings. The Morgan fingerprint density at radius 1 is 0.968 bits per heavy atom. The fraction of sp³-hybridized carbons (Fsp3) is 0.348. The third-order valence-electron chi connectivity index (χ3n) is 5.46. The van der Waals surface area contributed by atoms with Gasteiger partial charge in [0.05, 0.1) is 10.6 Å². The minimum absolute atomic E-state index is 0.162. The van der Waals surface area contributed by atoms with Gasteiger partial charge >= 0.3 is 0 Å². The normalized spacial score (nSPS) is 17.4. The zero-order valence-electron chi connectivity index (χ0n) is 17.5. The molecule has 0 bridgehead atoms. The van der Waals surface area contributed by atoms with E-state index in [2.05, 4.69) is 9.88 Å². The highest BCUT2D eigenvalue weighted by atomic mass is 35.5. The Labute approximate surface area is 192 Å². The SMILES string of the molecule is CC(C)CN1C(=O)C(c2ccc(Cl)cc2Cl)=C(N2CCN(c3ccccn3)CC2)C1=O. The molecule has 1 aromatic heterocycles. The number of benzene rings is 1. The summed E-state index contributed by atoms with van der Waals surface area (Å²) in [4.78, 5) is 36.6. The molecular weight excluding hydrogens is 435 g/mol. The molecular formula is C23H24Cl2N4O2. The molecule has 0 spiro atoms. The number of imide groups is 1. The van der Waals surface area contributed by atoms with Crippen molar-refractivity contribution in [2.75, 3.05) is 37.6 Å². The molecule has 31 heavy (non-hydrogen) atoms. The van der Waals surface area contributed by atoms with Crippen molar-refractivity contribution in [3.8, 4) is 0 Å². The Bertz CT molecular complexity index is 1030. The molecule has 0 radical (unpaired) electrons. The summed E-state index contributed by atoms with van der Waals surface area (Å²) in [6, 6.07) is 10.8. The maximum absolute atomic E-state index is 13.4. The van der Waals surface area contributed by atoms with E-state index in [0.29, 0.717) is 59.6 Å². The van der Waals surface area contributed by atoms with Crippen LogP contribution in [-0.4, -0.2) is 59.3 Å². The summed E-state index contributed by atoms with van der Waals surface area (Å²) in [5.41, 5.74) is 1.33. The Kier molecular flexibility index (Phi) is 6.21. The minimum Gasteiger partial charge on any atom is -0.363 e. The number of carbonyl (C=O) groups is 2. The van der Waals surface area contributed by atoms with Crippen LogP contribution in [0.5, 0.6) is 0 Å². The van der Waals surface area contributed by atoms with Gasteiger partial charge in [0, 0.05) is 49.5 Å². The van der Waals surface area contributed by atoms with E-state index in [0.717, 1.165) is 5.82 Å².